The SMILES string of the molecule is C/C=C/COC(=O)c1ccoc1C(O[C]=O)(C(OCC)c1ccco1)C(OCC)(c1occc1C(=O)OCC(C)(C)C)c1occc1C(=O)OC1CCCCC1. The van der Waals surface area contributed by atoms with Crippen LogP contribution in [-0.4, -0.2) is 56.9 Å². The van der Waals surface area contributed by atoms with Gasteiger partial charge in [0.1, 0.15) is 35.2 Å². The minimum Gasteiger partial charge on any atom is -0.466 e. The van der Waals surface area contributed by atoms with E-state index in [-0.39, 0.29) is 66.5 Å². The molecule has 4 aromatic rings. The van der Waals surface area contributed by atoms with Gasteiger partial charge in [0, 0.05) is 13.2 Å². The smallest absolute Gasteiger partial charge is 0.418 e. The van der Waals surface area contributed by atoms with Gasteiger partial charge in [-0.2, -0.15) is 0 Å². The molecular weight excluding hydrogens is 728 g/mol. The van der Waals surface area contributed by atoms with Gasteiger partial charge in [-0.3, -0.25) is 0 Å². The first kappa shape index (κ1) is 41.8. The molecular formula is C42H49O14. The highest BCUT2D eigenvalue weighted by atomic mass is 16.6. The van der Waals surface area contributed by atoms with E-state index in [1.165, 1.54) is 55.8 Å². The predicted octanol–water partition coefficient (Wildman–Crippen LogP) is 8.52. The van der Waals surface area contributed by atoms with E-state index < -0.39 is 46.4 Å². The zero-order valence-corrected chi connectivity index (χ0v) is 32.6. The number of allylic oxidation sites excluding steroid dienone is 1. The molecule has 1 radical (unpaired) electrons. The summed E-state index contributed by atoms with van der Waals surface area (Å²) in [6.45, 7) is 11.8. The van der Waals surface area contributed by atoms with Crippen LogP contribution in [-0.2, 0) is 44.4 Å². The molecule has 1 aliphatic rings. The van der Waals surface area contributed by atoms with Crippen molar-refractivity contribution >= 4 is 24.4 Å². The maximum Gasteiger partial charge on any atom is 0.418 e. The summed E-state index contributed by atoms with van der Waals surface area (Å²) in [5.41, 5.74) is -6.35. The Kier molecular flexibility index (Phi) is 13.8. The fraction of sp³-hybridized carbons (Fsp3) is 0.476. The van der Waals surface area contributed by atoms with Crippen molar-refractivity contribution in [3.63, 3.8) is 0 Å². The van der Waals surface area contributed by atoms with E-state index in [1.807, 2.05) is 20.8 Å². The van der Waals surface area contributed by atoms with Crippen LogP contribution >= 0.6 is 0 Å². The van der Waals surface area contributed by atoms with E-state index in [0.29, 0.717) is 12.8 Å². The first-order valence-corrected chi connectivity index (χ1v) is 18.7. The monoisotopic (exact) mass is 777 g/mol. The summed E-state index contributed by atoms with van der Waals surface area (Å²) in [5.74, 6) is -3.64. The largest absolute Gasteiger partial charge is 0.466 e. The highest BCUT2D eigenvalue weighted by molar-refractivity contribution is 5.94. The molecule has 0 bridgehead atoms. The lowest BCUT2D eigenvalue weighted by Gasteiger charge is -2.48. The summed E-state index contributed by atoms with van der Waals surface area (Å²) in [7, 11) is 0. The van der Waals surface area contributed by atoms with Crippen LogP contribution in [0.5, 0.6) is 0 Å². The van der Waals surface area contributed by atoms with Crippen LogP contribution in [0, 0.1) is 5.41 Å². The molecule has 3 unspecified atom stereocenters. The average molecular weight is 778 g/mol. The number of esters is 3. The Morgan fingerprint density at radius 3 is 1.96 bits per heavy atom. The zero-order valence-electron chi connectivity index (χ0n) is 32.6. The van der Waals surface area contributed by atoms with Crippen LogP contribution in [0.4, 0.5) is 0 Å². The molecule has 1 aliphatic carbocycles. The van der Waals surface area contributed by atoms with Crippen LogP contribution in [0.15, 0.2) is 85.2 Å². The minimum atomic E-state index is -2.67. The molecule has 56 heavy (non-hydrogen) atoms. The summed E-state index contributed by atoms with van der Waals surface area (Å²) < 4.78 is 61.3. The van der Waals surface area contributed by atoms with Crippen molar-refractivity contribution in [3.8, 4) is 0 Å². The fourth-order valence-electron chi connectivity index (χ4n) is 6.90. The normalized spacial score (nSPS) is 16.5. The number of carbonyl (C=O) groups excluding carboxylic acids is 4. The maximum atomic E-state index is 14.3. The highest BCUT2D eigenvalue weighted by Gasteiger charge is 2.72. The molecule has 0 spiro atoms. The van der Waals surface area contributed by atoms with Gasteiger partial charge in [0.15, 0.2) is 23.4 Å². The molecule has 14 nitrogen and oxygen atoms in total. The van der Waals surface area contributed by atoms with E-state index in [0.717, 1.165) is 19.3 Å². The van der Waals surface area contributed by atoms with Gasteiger partial charge in [-0.25, -0.2) is 19.2 Å². The Morgan fingerprint density at radius 1 is 0.804 bits per heavy atom. The topological polar surface area (TPSA) is 176 Å². The van der Waals surface area contributed by atoms with Gasteiger partial charge in [0.25, 0.3) is 0 Å². The Labute approximate surface area is 325 Å². The van der Waals surface area contributed by atoms with Crippen molar-refractivity contribution < 1.29 is 65.3 Å². The molecule has 0 aromatic carbocycles. The van der Waals surface area contributed by atoms with Gasteiger partial charge in [0.05, 0.1) is 31.7 Å². The second kappa shape index (κ2) is 18.5. The molecule has 1 saturated carbocycles. The third-order valence-electron chi connectivity index (χ3n) is 9.23. The first-order chi connectivity index (χ1) is 27.0. The van der Waals surface area contributed by atoms with Gasteiger partial charge in [0.2, 0.25) is 11.2 Å². The molecule has 1 fully saturated rings. The first-order valence-electron chi connectivity index (χ1n) is 18.7. The predicted molar refractivity (Wildman–Crippen MR) is 197 cm³/mol. The van der Waals surface area contributed by atoms with Gasteiger partial charge in [-0.05, 0) is 82.2 Å². The summed E-state index contributed by atoms with van der Waals surface area (Å²) in [6, 6.07) is 7.10. The van der Waals surface area contributed by atoms with Crippen LogP contribution in [0.3, 0.4) is 0 Å². The van der Waals surface area contributed by atoms with E-state index in [4.69, 9.17) is 46.1 Å². The van der Waals surface area contributed by atoms with E-state index in [9.17, 15) is 19.2 Å². The Morgan fingerprint density at radius 2 is 1.41 bits per heavy atom. The number of hydrogen-bond acceptors (Lipinski definition) is 14. The maximum absolute atomic E-state index is 14.3. The lowest BCUT2D eigenvalue weighted by Crippen LogP contribution is -2.58. The van der Waals surface area contributed by atoms with E-state index in [1.54, 1.807) is 39.0 Å². The second-order valence-corrected chi connectivity index (χ2v) is 14.3. The standard InChI is InChI=1S/C42H49O14/c1-7-10-21-52-37(44)29-18-23-50-34(29)42(55-27-43,36(47-8-2)32-17-14-22-48-32)41(54-9-3,33-30(19-24-49-33)38(45)53-26-40(4,5)6)35-31(20-25-51-35)39(46)56-28-15-12-11-13-16-28/h7,10,14,17-20,22-25,28,36H,8-9,11-13,15-16,21,26H2,1-6H3/b10-7+. The molecule has 0 N–H and O–H groups in total. The van der Waals surface area contributed by atoms with E-state index >= 15 is 0 Å². The number of rotatable bonds is 19. The van der Waals surface area contributed by atoms with Crippen molar-refractivity contribution in [2.45, 2.75) is 97.1 Å². The summed E-state index contributed by atoms with van der Waals surface area (Å²) in [5, 5.41) is 0. The molecule has 14 heteroatoms. The van der Waals surface area contributed by atoms with Gasteiger partial charge < -0.3 is 46.1 Å². The number of furan rings is 4. The Bertz CT molecular complexity index is 1910. The average Bonchev–Trinajstić information content (AvgIpc) is 4.02. The van der Waals surface area contributed by atoms with Crippen LogP contribution in [0.25, 0.3) is 0 Å². The van der Waals surface area contributed by atoms with Crippen molar-refractivity contribution in [3.05, 3.63) is 107 Å². The van der Waals surface area contributed by atoms with Crippen molar-refractivity contribution in [1.82, 2.24) is 0 Å². The van der Waals surface area contributed by atoms with E-state index in [2.05, 4.69) is 0 Å². The van der Waals surface area contributed by atoms with Crippen LogP contribution < -0.4 is 0 Å². The molecule has 3 atom stereocenters. The van der Waals surface area contributed by atoms with Gasteiger partial charge in [-0.1, -0.05) is 39.3 Å². The number of ether oxygens (including phenoxy) is 6. The molecule has 4 aromatic heterocycles. The summed E-state index contributed by atoms with van der Waals surface area (Å²) in [4.78, 5) is 55.5. The summed E-state index contributed by atoms with van der Waals surface area (Å²) in [6.07, 6.45) is 10.3. The molecule has 0 amide bonds. The van der Waals surface area contributed by atoms with Crippen molar-refractivity contribution in [2.75, 3.05) is 26.4 Å². The summed E-state index contributed by atoms with van der Waals surface area (Å²) >= 11 is 0. The number of hydrogen-bond donors (Lipinski definition) is 0. The van der Waals surface area contributed by atoms with Crippen molar-refractivity contribution in [1.29, 1.82) is 0 Å². The molecule has 0 aliphatic heterocycles. The Hall–Kier alpha value is -5.34. The molecule has 301 valence electrons. The zero-order chi connectivity index (χ0) is 40.3. The lowest BCUT2D eigenvalue weighted by molar-refractivity contribution is -0.247. The third kappa shape index (κ3) is 8.41. The lowest BCUT2D eigenvalue weighted by atomic mass is 9.69. The quantitative estimate of drug-likeness (QED) is 0.0503. The number of carbonyl (C=O) groups is 3. The third-order valence-corrected chi connectivity index (χ3v) is 9.23. The molecule has 5 rings (SSSR count). The second-order valence-electron chi connectivity index (χ2n) is 14.3. The molecule has 4 heterocycles. The minimum absolute atomic E-state index is 0.00406. The van der Waals surface area contributed by atoms with Crippen LogP contribution in [0.2, 0.25) is 0 Å². The fourth-order valence-corrected chi connectivity index (χ4v) is 6.90. The van der Waals surface area contributed by atoms with Gasteiger partial charge >= 0.3 is 24.4 Å². The highest BCUT2D eigenvalue weighted by Crippen LogP contribution is 2.60. The Balaban J connectivity index is 1.93. The molecule has 0 saturated heterocycles. The van der Waals surface area contributed by atoms with Crippen LogP contribution in [0.1, 0.15) is 134 Å². The van der Waals surface area contributed by atoms with Gasteiger partial charge in [-0.15, -0.1) is 0 Å². The van der Waals surface area contributed by atoms with Crippen molar-refractivity contribution in [2.24, 2.45) is 5.41 Å².